The molecule has 7 aromatic carbocycles. The maximum Gasteiger partial charge on any atom is 0.164 e. The average molecular weight is 737 g/mol. The lowest BCUT2D eigenvalue weighted by atomic mass is 10.0. The quantitative estimate of drug-likeness (QED) is 0.168. The number of hydrogen-bond acceptors (Lipinski definition) is 8. The number of furan rings is 1. The molecule has 0 N–H and O–H groups in total. The maximum absolute atomic E-state index is 6.28. The van der Waals surface area contributed by atoms with E-state index in [0.29, 0.717) is 34.9 Å². The van der Waals surface area contributed by atoms with Gasteiger partial charge in [0.1, 0.15) is 11.2 Å². The van der Waals surface area contributed by atoms with Crippen LogP contribution in [0.25, 0.3) is 110 Å². The maximum atomic E-state index is 6.28. The fraction of sp³-hybridized carbons (Fsp3) is 0. The molecule has 0 saturated heterocycles. The molecule has 0 radical (unpaired) electrons. The van der Waals surface area contributed by atoms with E-state index in [2.05, 4.69) is 48.5 Å². The summed E-state index contributed by atoms with van der Waals surface area (Å²) in [5.41, 5.74) is 6.87. The van der Waals surface area contributed by atoms with E-state index in [9.17, 15) is 0 Å². The van der Waals surface area contributed by atoms with Crippen molar-refractivity contribution in [2.75, 3.05) is 0 Å². The van der Waals surface area contributed by atoms with Crippen molar-refractivity contribution in [3.8, 4) is 68.3 Å². The third kappa shape index (κ3) is 5.51. The van der Waals surface area contributed by atoms with Crippen LogP contribution in [0, 0.1) is 0 Å². The van der Waals surface area contributed by atoms with Crippen LogP contribution in [0.3, 0.4) is 0 Å². The Hall–Kier alpha value is -7.42. The zero-order valence-corrected chi connectivity index (χ0v) is 30.5. The van der Waals surface area contributed by atoms with Gasteiger partial charge >= 0.3 is 0 Å². The van der Waals surface area contributed by atoms with Crippen molar-refractivity contribution in [1.82, 2.24) is 29.9 Å². The number of benzene rings is 7. The lowest BCUT2D eigenvalue weighted by molar-refractivity contribution is 0.669. The highest BCUT2D eigenvalue weighted by molar-refractivity contribution is 7.26. The van der Waals surface area contributed by atoms with Crippen LogP contribution in [0.15, 0.2) is 174 Å². The molecular formula is C48H28N6OS. The van der Waals surface area contributed by atoms with Gasteiger partial charge in [0.05, 0.1) is 0 Å². The van der Waals surface area contributed by atoms with Crippen molar-refractivity contribution in [2.45, 2.75) is 0 Å². The minimum Gasteiger partial charge on any atom is -0.456 e. The van der Waals surface area contributed by atoms with E-state index in [1.165, 1.54) is 4.70 Å². The largest absolute Gasteiger partial charge is 0.456 e. The molecule has 11 rings (SSSR count). The summed E-state index contributed by atoms with van der Waals surface area (Å²) >= 11 is 1.73. The van der Waals surface area contributed by atoms with Crippen molar-refractivity contribution in [1.29, 1.82) is 0 Å². The fourth-order valence-electron chi connectivity index (χ4n) is 7.39. The predicted octanol–water partition coefficient (Wildman–Crippen LogP) is 12.3. The summed E-state index contributed by atoms with van der Waals surface area (Å²) in [5.74, 6) is 3.44. The first-order valence-electron chi connectivity index (χ1n) is 18.3. The van der Waals surface area contributed by atoms with Gasteiger partial charge in [-0.3, -0.25) is 0 Å². The molecule has 0 aliphatic rings. The summed E-state index contributed by atoms with van der Waals surface area (Å²) in [6, 6.07) is 57.1. The zero-order chi connectivity index (χ0) is 37.0. The minimum absolute atomic E-state index is 0.542. The third-order valence-electron chi connectivity index (χ3n) is 9.99. The molecule has 0 aliphatic heterocycles. The van der Waals surface area contributed by atoms with Gasteiger partial charge in [0.25, 0.3) is 0 Å². The molecule has 4 aromatic heterocycles. The van der Waals surface area contributed by atoms with Crippen molar-refractivity contribution < 1.29 is 4.42 Å². The molecule has 262 valence electrons. The van der Waals surface area contributed by atoms with E-state index >= 15 is 0 Å². The van der Waals surface area contributed by atoms with E-state index in [0.717, 1.165) is 70.8 Å². The normalized spacial score (nSPS) is 11.6. The van der Waals surface area contributed by atoms with Crippen LogP contribution in [-0.4, -0.2) is 29.9 Å². The molecule has 56 heavy (non-hydrogen) atoms. The van der Waals surface area contributed by atoms with Gasteiger partial charge in [-0.05, 0) is 30.3 Å². The Balaban J connectivity index is 1.19. The van der Waals surface area contributed by atoms with Crippen LogP contribution >= 0.6 is 11.3 Å². The second-order valence-corrected chi connectivity index (χ2v) is 14.6. The van der Waals surface area contributed by atoms with E-state index in [4.69, 9.17) is 34.3 Å². The van der Waals surface area contributed by atoms with Crippen molar-refractivity contribution in [2.24, 2.45) is 0 Å². The first kappa shape index (κ1) is 32.0. The first-order chi connectivity index (χ1) is 27.7. The monoisotopic (exact) mass is 736 g/mol. The number of fused-ring (bicyclic) bond motifs is 6. The zero-order valence-electron chi connectivity index (χ0n) is 29.7. The van der Waals surface area contributed by atoms with Crippen LogP contribution in [0.2, 0.25) is 0 Å². The second-order valence-electron chi connectivity index (χ2n) is 13.5. The van der Waals surface area contributed by atoms with Crippen molar-refractivity contribution in [3.05, 3.63) is 170 Å². The number of hydrogen-bond donors (Lipinski definition) is 0. The summed E-state index contributed by atoms with van der Waals surface area (Å²) in [6.45, 7) is 0. The third-order valence-corrected chi connectivity index (χ3v) is 11.1. The van der Waals surface area contributed by atoms with E-state index in [1.807, 2.05) is 121 Å². The molecule has 0 unspecified atom stereocenters. The van der Waals surface area contributed by atoms with Gasteiger partial charge in [-0.2, -0.15) is 0 Å². The summed E-state index contributed by atoms with van der Waals surface area (Å²) in [4.78, 5) is 30.9. The van der Waals surface area contributed by atoms with Gasteiger partial charge in [0.2, 0.25) is 0 Å². The van der Waals surface area contributed by atoms with Gasteiger partial charge in [-0.25, -0.2) is 29.9 Å². The lowest BCUT2D eigenvalue weighted by Crippen LogP contribution is -2.02. The SMILES string of the molecule is c1ccc(-c2nc(-c3cc(-c4nc(-c5ccccc5)nc(-c5ccccc5)n4)c4c(c3)sc3ccccc34)nc(-c3cccc4oc5ccccc5c34)n2)cc1. The minimum atomic E-state index is 0.542. The molecular weight excluding hydrogens is 709 g/mol. The smallest absolute Gasteiger partial charge is 0.164 e. The molecule has 0 saturated carbocycles. The molecule has 0 fully saturated rings. The average Bonchev–Trinajstić information content (AvgIpc) is 3.85. The van der Waals surface area contributed by atoms with Crippen LogP contribution in [0.4, 0.5) is 0 Å². The highest BCUT2D eigenvalue weighted by atomic mass is 32.1. The Morgan fingerprint density at radius 3 is 1.43 bits per heavy atom. The van der Waals surface area contributed by atoms with Crippen molar-refractivity contribution >= 4 is 53.4 Å². The van der Waals surface area contributed by atoms with Gasteiger partial charge in [-0.15, -0.1) is 11.3 Å². The summed E-state index contributed by atoms with van der Waals surface area (Å²) < 4.78 is 8.52. The number of para-hydroxylation sites is 1. The van der Waals surface area contributed by atoms with Crippen LogP contribution in [0.1, 0.15) is 0 Å². The Kier molecular flexibility index (Phi) is 7.53. The summed E-state index contributed by atoms with van der Waals surface area (Å²) in [5, 5.41) is 4.18. The van der Waals surface area contributed by atoms with E-state index < -0.39 is 0 Å². The Morgan fingerprint density at radius 1 is 0.321 bits per heavy atom. The van der Waals surface area contributed by atoms with Gasteiger partial charge in [0.15, 0.2) is 34.9 Å². The number of aromatic nitrogens is 6. The summed E-state index contributed by atoms with van der Waals surface area (Å²) in [7, 11) is 0. The topological polar surface area (TPSA) is 90.5 Å². The van der Waals surface area contributed by atoms with Crippen LogP contribution in [-0.2, 0) is 0 Å². The number of thiophene rings is 1. The highest BCUT2D eigenvalue weighted by Gasteiger charge is 2.22. The van der Waals surface area contributed by atoms with Crippen LogP contribution < -0.4 is 0 Å². The molecule has 7 nitrogen and oxygen atoms in total. The molecule has 4 heterocycles. The van der Waals surface area contributed by atoms with Crippen LogP contribution in [0.5, 0.6) is 0 Å². The van der Waals surface area contributed by atoms with Gasteiger partial charge in [0, 0.05) is 64.3 Å². The Labute approximate surface area is 324 Å². The van der Waals surface area contributed by atoms with Crippen molar-refractivity contribution in [3.63, 3.8) is 0 Å². The predicted molar refractivity (Wildman–Crippen MR) is 226 cm³/mol. The number of rotatable bonds is 6. The standard InChI is InChI=1S/C48H28N6OS/c1-4-15-29(16-5-1)43-49-44(30-17-6-2-7-18-30)53-48(52-43)36-27-32(28-40-42(36)34-22-11-13-26-39(34)56-40)46-50-45(31-19-8-3-9-20-31)51-47(54-46)35-23-14-25-38-41(35)33-21-10-12-24-37(33)55-38/h1-28H. The van der Waals surface area contributed by atoms with E-state index in [1.54, 1.807) is 11.3 Å². The molecule has 11 aromatic rings. The Morgan fingerprint density at radius 2 is 0.804 bits per heavy atom. The molecule has 0 atom stereocenters. The second kappa shape index (κ2) is 13.2. The molecule has 0 amide bonds. The first-order valence-corrected chi connectivity index (χ1v) is 19.1. The fourth-order valence-corrected chi connectivity index (χ4v) is 8.56. The van der Waals surface area contributed by atoms with E-state index in [-0.39, 0.29) is 0 Å². The molecule has 8 heteroatoms. The van der Waals surface area contributed by atoms with Gasteiger partial charge in [-0.1, -0.05) is 140 Å². The lowest BCUT2D eigenvalue weighted by Gasteiger charge is -2.12. The molecule has 0 bridgehead atoms. The number of nitrogens with zero attached hydrogens (tertiary/aromatic N) is 6. The molecule has 0 spiro atoms. The highest BCUT2D eigenvalue weighted by Crippen LogP contribution is 2.43. The Bertz CT molecular complexity index is 3200. The molecule has 0 aliphatic carbocycles. The van der Waals surface area contributed by atoms with Gasteiger partial charge < -0.3 is 4.42 Å². The summed E-state index contributed by atoms with van der Waals surface area (Å²) in [6.07, 6.45) is 0.